The molecule has 6 nitrogen and oxygen atoms in total. The predicted molar refractivity (Wildman–Crippen MR) is 67.5 cm³/mol. The van der Waals surface area contributed by atoms with E-state index in [1.54, 1.807) is 4.90 Å². The molecule has 0 aliphatic carbocycles. The van der Waals surface area contributed by atoms with Gasteiger partial charge in [-0.05, 0) is 25.2 Å². The molecule has 1 fully saturated rings. The summed E-state index contributed by atoms with van der Waals surface area (Å²) in [4.78, 5) is 32.4. The first-order valence-corrected chi connectivity index (χ1v) is 6.44. The van der Waals surface area contributed by atoms with Gasteiger partial charge in [0.1, 0.15) is 5.69 Å². The molecule has 0 saturated carbocycles. The number of likely N-dealkylation sites (tertiary alicyclic amines) is 1. The van der Waals surface area contributed by atoms with E-state index in [4.69, 9.17) is 5.11 Å². The number of aliphatic carboxylic acids is 1. The summed E-state index contributed by atoms with van der Waals surface area (Å²) in [6.07, 6.45) is 7.18. The summed E-state index contributed by atoms with van der Waals surface area (Å²) in [7, 11) is 0. The minimum absolute atomic E-state index is 0.117. The molecule has 0 unspecified atom stereocenters. The van der Waals surface area contributed by atoms with Crippen LogP contribution in [0.25, 0.3) is 0 Å². The van der Waals surface area contributed by atoms with Crippen LogP contribution in [0.5, 0.6) is 0 Å². The van der Waals surface area contributed by atoms with Crippen molar-refractivity contribution in [1.29, 1.82) is 0 Å². The van der Waals surface area contributed by atoms with Crippen molar-refractivity contribution in [3.63, 3.8) is 0 Å². The van der Waals surface area contributed by atoms with Crippen LogP contribution >= 0.6 is 0 Å². The second kappa shape index (κ2) is 6.26. The highest BCUT2D eigenvalue weighted by atomic mass is 16.4. The zero-order chi connectivity index (χ0) is 13.7. The number of hydrogen-bond donors (Lipinski definition) is 1. The van der Waals surface area contributed by atoms with E-state index in [0.29, 0.717) is 25.2 Å². The second-order valence-electron chi connectivity index (χ2n) is 4.78. The molecule has 1 saturated heterocycles. The van der Waals surface area contributed by atoms with Crippen molar-refractivity contribution in [2.24, 2.45) is 5.92 Å². The molecule has 6 heteroatoms. The van der Waals surface area contributed by atoms with Crippen LogP contribution in [-0.4, -0.2) is 44.9 Å². The van der Waals surface area contributed by atoms with Gasteiger partial charge in [0, 0.05) is 31.9 Å². The monoisotopic (exact) mass is 263 g/mol. The van der Waals surface area contributed by atoms with E-state index in [2.05, 4.69) is 9.97 Å². The maximum Gasteiger partial charge on any atom is 0.303 e. The molecule has 1 aromatic heterocycles. The molecule has 2 rings (SSSR count). The summed E-state index contributed by atoms with van der Waals surface area (Å²) in [5, 5.41) is 8.70. The summed E-state index contributed by atoms with van der Waals surface area (Å²) in [6.45, 7) is 1.32. The van der Waals surface area contributed by atoms with Crippen molar-refractivity contribution >= 4 is 11.9 Å². The third-order valence-electron chi connectivity index (χ3n) is 3.35. The molecule has 1 amide bonds. The largest absolute Gasteiger partial charge is 0.481 e. The standard InChI is InChI=1S/C13H17N3O3/c17-12(18)4-3-10-2-1-7-16(9-10)13(19)11-8-14-5-6-15-11/h5-6,8,10H,1-4,7,9H2,(H,17,18)/t10-/m1/s1. The molecule has 1 aliphatic rings. The normalized spacial score (nSPS) is 19.2. The Morgan fingerprint density at radius 2 is 2.26 bits per heavy atom. The van der Waals surface area contributed by atoms with Crippen molar-refractivity contribution in [3.05, 3.63) is 24.3 Å². The second-order valence-corrected chi connectivity index (χ2v) is 4.78. The number of carbonyl (C=O) groups excluding carboxylic acids is 1. The molecular weight excluding hydrogens is 246 g/mol. The van der Waals surface area contributed by atoms with Gasteiger partial charge < -0.3 is 10.0 Å². The SMILES string of the molecule is O=C(O)CC[C@H]1CCCN(C(=O)c2cnccn2)C1. The van der Waals surface area contributed by atoms with E-state index >= 15 is 0 Å². The minimum Gasteiger partial charge on any atom is -0.481 e. The van der Waals surface area contributed by atoms with E-state index in [-0.39, 0.29) is 18.2 Å². The average Bonchev–Trinajstić information content (AvgIpc) is 2.45. The lowest BCUT2D eigenvalue weighted by Gasteiger charge is -2.32. The number of aromatic nitrogens is 2. The van der Waals surface area contributed by atoms with Gasteiger partial charge in [-0.2, -0.15) is 0 Å². The van der Waals surface area contributed by atoms with Crippen molar-refractivity contribution in [1.82, 2.24) is 14.9 Å². The van der Waals surface area contributed by atoms with E-state index in [1.807, 2.05) is 0 Å². The molecule has 1 aromatic rings. The zero-order valence-electron chi connectivity index (χ0n) is 10.7. The topological polar surface area (TPSA) is 83.4 Å². The molecular formula is C13H17N3O3. The third kappa shape index (κ3) is 3.74. The number of nitrogens with zero attached hydrogens (tertiary/aromatic N) is 3. The van der Waals surface area contributed by atoms with Gasteiger partial charge in [0.25, 0.3) is 5.91 Å². The van der Waals surface area contributed by atoms with E-state index in [9.17, 15) is 9.59 Å². The molecule has 0 bridgehead atoms. The quantitative estimate of drug-likeness (QED) is 0.882. The lowest BCUT2D eigenvalue weighted by molar-refractivity contribution is -0.137. The summed E-state index contributed by atoms with van der Waals surface area (Å²) >= 11 is 0. The lowest BCUT2D eigenvalue weighted by Crippen LogP contribution is -2.40. The van der Waals surface area contributed by atoms with E-state index in [0.717, 1.165) is 12.8 Å². The number of hydrogen-bond acceptors (Lipinski definition) is 4. The fourth-order valence-corrected chi connectivity index (χ4v) is 2.38. The fourth-order valence-electron chi connectivity index (χ4n) is 2.38. The summed E-state index contributed by atoms with van der Waals surface area (Å²) < 4.78 is 0. The highest BCUT2D eigenvalue weighted by Gasteiger charge is 2.25. The average molecular weight is 263 g/mol. The Bertz CT molecular complexity index is 450. The highest BCUT2D eigenvalue weighted by Crippen LogP contribution is 2.21. The first kappa shape index (κ1) is 13.5. The Morgan fingerprint density at radius 1 is 1.42 bits per heavy atom. The molecule has 1 aliphatic heterocycles. The molecule has 19 heavy (non-hydrogen) atoms. The van der Waals surface area contributed by atoms with E-state index < -0.39 is 5.97 Å². The number of carboxylic acids is 1. The van der Waals surface area contributed by atoms with Crippen LogP contribution in [-0.2, 0) is 4.79 Å². The Balaban J connectivity index is 1.93. The first-order valence-electron chi connectivity index (χ1n) is 6.44. The van der Waals surface area contributed by atoms with Gasteiger partial charge >= 0.3 is 5.97 Å². The van der Waals surface area contributed by atoms with Crippen molar-refractivity contribution in [2.45, 2.75) is 25.7 Å². The molecule has 1 N–H and O–H groups in total. The summed E-state index contributed by atoms with van der Waals surface area (Å²) in [5.74, 6) is -0.629. The molecule has 2 heterocycles. The number of carboxylic acid groups (broad SMARTS) is 1. The van der Waals surface area contributed by atoms with Crippen LogP contribution in [0.15, 0.2) is 18.6 Å². The van der Waals surface area contributed by atoms with Gasteiger partial charge in [-0.3, -0.25) is 14.6 Å². The third-order valence-corrected chi connectivity index (χ3v) is 3.35. The predicted octanol–water partition coefficient (Wildman–Crippen LogP) is 1.19. The zero-order valence-corrected chi connectivity index (χ0v) is 10.7. The van der Waals surface area contributed by atoms with Crippen molar-refractivity contribution < 1.29 is 14.7 Å². The number of rotatable bonds is 4. The number of carbonyl (C=O) groups is 2. The highest BCUT2D eigenvalue weighted by molar-refractivity contribution is 5.92. The number of piperidine rings is 1. The van der Waals surface area contributed by atoms with Crippen molar-refractivity contribution in [3.8, 4) is 0 Å². The molecule has 0 radical (unpaired) electrons. The van der Waals surface area contributed by atoms with Crippen molar-refractivity contribution in [2.75, 3.05) is 13.1 Å². The first-order chi connectivity index (χ1) is 9.16. The fraction of sp³-hybridized carbons (Fsp3) is 0.538. The van der Waals surface area contributed by atoms with Crippen LogP contribution in [0, 0.1) is 5.92 Å². The smallest absolute Gasteiger partial charge is 0.303 e. The molecule has 102 valence electrons. The van der Waals surface area contributed by atoms with Gasteiger partial charge in [0.2, 0.25) is 0 Å². The van der Waals surface area contributed by atoms with Crippen LogP contribution in [0.2, 0.25) is 0 Å². The Kier molecular flexibility index (Phi) is 4.43. The lowest BCUT2D eigenvalue weighted by atomic mass is 9.93. The summed E-state index contributed by atoms with van der Waals surface area (Å²) in [6, 6.07) is 0. The summed E-state index contributed by atoms with van der Waals surface area (Å²) in [5.41, 5.74) is 0.349. The van der Waals surface area contributed by atoms with Crippen LogP contribution < -0.4 is 0 Å². The van der Waals surface area contributed by atoms with Gasteiger partial charge in [-0.1, -0.05) is 0 Å². The minimum atomic E-state index is -0.780. The Hall–Kier alpha value is -1.98. The molecule has 1 atom stereocenters. The Morgan fingerprint density at radius 3 is 2.95 bits per heavy atom. The number of amides is 1. The van der Waals surface area contributed by atoms with Gasteiger partial charge in [-0.25, -0.2) is 4.98 Å². The van der Waals surface area contributed by atoms with Gasteiger partial charge in [0.05, 0.1) is 6.20 Å². The maximum atomic E-state index is 12.2. The van der Waals surface area contributed by atoms with Crippen LogP contribution in [0.1, 0.15) is 36.2 Å². The Labute approximate surface area is 111 Å². The van der Waals surface area contributed by atoms with E-state index in [1.165, 1.54) is 18.6 Å². The molecule has 0 spiro atoms. The molecule has 0 aromatic carbocycles. The van der Waals surface area contributed by atoms with Crippen LogP contribution in [0.3, 0.4) is 0 Å². The van der Waals surface area contributed by atoms with Crippen LogP contribution in [0.4, 0.5) is 0 Å². The maximum absolute atomic E-state index is 12.2. The van der Waals surface area contributed by atoms with Gasteiger partial charge in [-0.15, -0.1) is 0 Å². The van der Waals surface area contributed by atoms with Gasteiger partial charge in [0.15, 0.2) is 0 Å².